The second kappa shape index (κ2) is 3.99. The second-order valence-corrected chi connectivity index (χ2v) is 2.47. The van der Waals surface area contributed by atoms with Gasteiger partial charge in [0.25, 0.3) is 6.43 Å². The lowest BCUT2D eigenvalue weighted by Crippen LogP contribution is -2.04. The molecule has 0 aliphatic heterocycles. The molecule has 1 aromatic rings. The Balaban J connectivity index is 3.40. The molecule has 2 N–H and O–H groups in total. The number of hydrogen-bond donors (Lipinski definition) is 1. The number of aromatic nitrogens is 1. The third-order valence-corrected chi connectivity index (χ3v) is 1.62. The molecule has 0 saturated carbocycles. The average Bonchev–Trinajstić information content (AvgIpc) is 2.15. The number of carbonyl (C=O) groups is 1. The molecule has 0 amide bonds. The Morgan fingerprint density at radius 3 is 2.71 bits per heavy atom. The molecule has 1 rings (SSSR count). The van der Waals surface area contributed by atoms with Crippen LogP contribution in [0.4, 0.5) is 14.6 Å². The first-order valence-corrected chi connectivity index (χ1v) is 3.68. The van der Waals surface area contributed by atoms with Gasteiger partial charge < -0.3 is 10.5 Å². The number of alkyl halides is 2. The highest BCUT2D eigenvalue weighted by molar-refractivity contribution is 5.77. The minimum atomic E-state index is -2.82. The third kappa shape index (κ3) is 1.78. The molecule has 0 aromatic carbocycles. The summed E-state index contributed by atoms with van der Waals surface area (Å²) in [4.78, 5) is 13.9. The van der Waals surface area contributed by atoms with Gasteiger partial charge in [-0.25, -0.2) is 13.8 Å². The molecule has 0 bridgehead atoms. The van der Waals surface area contributed by atoms with Gasteiger partial charge in [0.15, 0.2) is 6.29 Å². The Labute approximate surface area is 78.7 Å². The molecule has 14 heavy (non-hydrogen) atoms. The van der Waals surface area contributed by atoms with Gasteiger partial charge in [0, 0.05) is 6.07 Å². The van der Waals surface area contributed by atoms with Crippen LogP contribution in [0.25, 0.3) is 0 Å². The van der Waals surface area contributed by atoms with Crippen LogP contribution in [0.3, 0.4) is 0 Å². The maximum atomic E-state index is 12.5. The number of aldehydes is 1. The minimum Gasteiger partial charge on any atom is -0.496 e. The van der Waals surface area contributed by atoms with Crippen LogP contribution in [0.15, 0.2) is 6.07 Å². The normalized spacial score (nSPS) is 10.3. The van der Waals surface area contributed by atoms with Gasteiger partial charge in [-0.05, 0) is 0 Å². The van der Waals surface area contributed by atoms with Crippen LogP contribution < -0.4 is 10.5 Å². The first kappa shape index (κ1) is 10.4. The Bertz CT molecular complexity index is 355. The SMILES string of the molecule is COc1cc(N)nc(C=O)c1C(F)F. The van der Waals surface area contributed by atoms with E-state index in [1.54, 1.807) is 0 Å². The monoisotopic (exact) mass is 202 g/mol. The Morgan fingerprint density at radius 2 is 2.29 bits per heavy atom. The number of nitrogen functional groups attached to an aromatic ring is 1. The number of nitrogens with zero attached hydrogens (tertiary/aromatic N) is 1. The first-order chi connectivity index (χ1) is 6.60. The van der Waals surface area contributed by atoms with Gasteiger partial charge in [0.05, 0.1) is 12.7 Å². The quantitative estimate of drug-likeness (QED) is 0.753. The van der Waals surface area contributed by atoms with E-state index in [2.05, 4.69) is 9.72 Å². The van der Waals surface area contributed by atoms with Crippen LogP contribution in [0.2, 0.25) is 0 Å². The molecule has 0 aliphatic rings. The van der Waals surface area contributed by atoms with E-state index < -0.39 is 17.7 Å². The zero-order valence-electron chi connectivity index (χ0n) is 7.33. The molecule has 0 aliphatic carbocycles. The molecule has 1 heterocycles. The summed E-state index contributed by atoms with van der Waals surface area (Å²) in [5, 5.41) is 0. The predicted molar refractivity (Wildman–Crippen MR) is 45.5 cm³/mol. The zero-order chi connectivity index (χ0) is 10.7. The van der Waals surface area contributed by atoms with Crippen molar-refractivity contribution in [3.63, 3.8) is 0 Å². The van der Waals surface area contributed by atoms with E-state index >= 15 is 0 Å². The fourth-order valence-electron chi connectivity index (χ4n) is 1.05. The number of anilines is 1. The van der Waals surface area contributed by atoms with Crippen molar-refractivity contribution in [3.8, 4) is 5.75 Å². The van der Waals surface area contributed by atoms with Gasteiger partial charge in [-0.15, -0.1) is 0 Å². The number of ether oxygens (including phenoxy) is 1. The summed E-state index contributed by atoms with van der Waals surface area (Å²) in [5.74, 6) is -0.164. The van der Waals surface area contributed by atoms with E-state index in [-0.39, 0.29) is 17.9 Å². The largest absolute Gasteiger partial charge is 0.496 e. The maximum Gasteiger partial charge on any atom is 0.269 e. The molecule has 4 nitrogen and oxygen atoms in total. The molecule has 0 radical (unpaired) electrons. The van der Waals surface area contributed by atoms with Crippen molar-refractivity contribution < 1.29 is 18.3 Å². The Hall–Kier alpha value is -1.72. The molecule has 1 aromatic heterocycles. The van der Waals surface area contributed by atoms with Crippen molar-refractivity contribution in [1.82, 2.24) is 4.98 Å². The number of nitrogens with two attached hydrogens (primary N) is 1. The van der Waals surface area contributed by atoms with E-state index in [0.717, 1.165) is 6.07 Å². The molecule has 0 saturated heterocycles. The van der Waals surface area contributed by atoms with Gasteiger partial charge in [-0.3, -0.25) is 4.79 Å². The van der Waals surface area contributed by atoms with E-state index in [0.29, 0.717) is 0 Å². The Kier molecular flexibility index (Phi) is 2.95. The minimum absolute atomic E-state index is 0.0339. The van der Waals surface area contributed by atoms with Crippen LogP contribution >= 0.6 is 0 Å². The summed E-state index contributed by atoms with van der Waals surface area (Å²) >= 11 is 0. The van der Waals surface area contributed by atoms with Crippen LogP contribution in [-0.4, -0.2) is 18.4 Å². The van der Waals surface area contributed by atoms with Gasteiger partial charge >= 0.3 is 0 Å². The topological polar surface area (TPSA) is 65.2 Å². The number of rotatable bonds is 3. The van der Waals surface area contributed by atoms with Crippen LogP contribution in [-0.2, 0) is 0 Å². The number of methoxy groups -OCH3 is 1. The molecule has 76 valence electrons. The average molecular weight is 202 g/mol. The summed E-state index contributed by atoms with van der Waals surface area (Å²) < 4.78 is 29.6. The maximum absolute atomic E-state index is 12.5. The molecular formula is C8H8F2N2O2. The summed E-state index contributed by atoms with van der Waals surface area (Å²) in [5.41, 5.74) is 4.36. The van der Waals surface area contributed by atoms with Crippen molar-refractivity contribution in [2.24, 2.45) is 0 Å². The van der Waals surface area contributed by atoms with E-state index in [9.17, 15) is 13.6 Å². The third-order valence-electron chi connectivity index (χ3n) is 1.62. The smallest absolute Gasteiger partial charge is 0.269 e. The van der Waals surface area contributed by atoms with Crippen LogP contribution in [0.5, 0.6) is 5.75 Å². The lowest BCUT2D eigenvalue weighted by Gasteiger charge is -2.09. The summed E-state index contributed by atoms with van der Waals surface area (Å²) in [6, 6.07) is 1.15. The first-order valence-electron chi connectivity index (χ1n) is 3.68. The summed E-state index contributed by atoms with van der Waals surface area (Å²) in [6.45, 7) is 0. The summed E-state index contributed by atoms with van der Waals surface area (Å²) in [6.07, 6.45) is -2.60. The van der Waals surface area contributed by atoms with E-state index in [1.807, 2.05) is 0 Å². The van der Waals surface area contributed by atoms with Crippen molar-refractivity contribution in [2.45, 2.75) is 6.43 Å². The van der Waals surface area contributed by atoms with Crippen molar-refractivity contribution in [2.75, 3.05) is 12.8 Å². The molecule has 0 unspecified atom stereocenters. The molecule has 6 heteroatoms. The lowest BCUT2D eigenvalue weighted by atomic mass is 10.2. The number of carbonyl (C=O) groups excluding carboxylic acids is 1. The van der Waals surface area contributed by atoms with Crippen molar-refractivity contribution >= 4 is 12.1 Å². The summed E-state index contributed by atoms with van der Waals surface area (Å²) in [7, 11) is 1.22. The molecule has 0 spiro atoms. The van der Waals surface area contributed by atoms with E-state index in [1.165, 1.54) is 7.11 Å². The van der Waals surface area contributed by atoms with Crippen molar-refractivity contribution in [1.29, 1.82) is 0 Å². The van der Waals surface area contributed by atoms with Gasteiger partial charge in [0.2, 0.25) is 0 Å². The highest BCUT2D eigenvalue weighted by Crippen LogP contribution is 2.31. The fourth-order valence-corrected chi connectivity index (χ4v) is 1.05. The van der Waals surface area contributed by atoms with Crippen LogP contribution in [0.1, 0.15) is 22.5 Å². The highest BCUT2D eigenvalue weighted by Gasteiger charge is 2.20. The Morgan fingerprint density at radius 1 is 1.64 bits per heavy atom. The van der Waals surface area contributed by atoms with Gasteiger partial charge in [-0.2, -0.15) is 0 Å². The van der Waals surface area contributed by atoms with Crippen LogP contribution in [0, 0.1) is 0 Å². The zero-order valence-corrected chi connectivity index (χ0v) is 7.33. The highest BCUT2D eigenvalue weighted by atomic mass is 19.3. The van der Waals surface area contributed by atoms with Crippen molar-refractivity contribution in [3.05, 3.63) is 17.3 Å². The number of hydrogen-bond acceptors (Lipinski definition) is 4. The molecule has 0 atom stereocenters. The van der Waals surface area contributed by atoms with E-state index in [4.69, 9.17) is 5.73 Å². The number of pyridine rings is 1. The lowest BCUT2D eigenvalue weighted by molar-refractivity contribution is 0.109. The van der Waals surface area contributed by atoms with Gasteiger partial charge in [-0.1, -0.05) is 0 Å². The molecular weight excluding hydrogens is 194 g/mol. The second-order valence-electron chi connectivity index (χ2n) is 2.47. The predicted octanol–water partition coefficient (Wildman–Crippen LogP) is 1.42. The fraction of sp³-hybridized carbons (Fsp3) is 0.250. The van der Waals surface area contributed by atoms with Gasteiger partial charge in [0.1, 0.15) is 17.3 Å². The number of halogens is 2. The standard InChI is InChI=1S/C8H8F2N2O2/c1-14-5-2-6(11)12-4(3-13)7(5)8(9)10/h2-3,8H,1H3,(H2,11,12). The molecule has 0 fully saturated rings.